The molecule has 156 valence electrons. The van der Waals surface area contributed by atoms with Crippen molar-refractivity contribution in [2.24, 2.45) is 16.5 Å². The molecule has 0 saturated carbocycles. The first-order valence-electron chi connectivity index (χ1n) is 9.66. The lowest BCUT2D eigenvalue weighted by molar-refractivity contribution is 0.0953. The Morgan fingerprint density at radius 1 is 0.931 bits per heavy atom. The number of nitrogen functional groups attached to an aromatic ring is 1. The third-order valence-electron chi connectivity index (χ3n) is 4.12. The Hall–Kier alpha value is -3.26. The van der Waals surface area contributed by atoms with Gasteiger partial charge in [-0.3, -0.25) is 4.79 Å². The molecular formula is C21H30N6O2. The maximum Gasteiger partial charge on any atom is 0.251 e. The molecule has 0 heterocycles. The molecule has 0 aliphatic carbocycles. The highest BCUT2D eigenvalue weighted by atomic mass is 16.5. The number of anilines is 1. The third kappa shape index (κ3) is 8.98. The zero-order valence-electron chi connectivity index (χ0n) is 16.6. The maximum atomic E-state index is 11.9. The van der Waals surface area contributed by atoms with Gasteiger partial charge in [0.2, 0.25) is 0 Å². The summed E-state index contributed by atoms with van der Waals surface area (Å²) in [4.78, 5) is 15.9. The van der Waals surface area contributed by atoms with Crippen LogP contribution in [0.2, 0.25) is 0 Å². The van der Waals surface area contributed by atoms with E-state index in [0.717, 1.165) is 37.2 Å². The van der Waals surface area contributed by atoms with E-state index in [4.69, 9.17) is 21.9 Å². The van der Waals surface area contributed by atoms with Crippen molar-refractivity contribution < 1.29 is 9.53 Å². The fourth-order valence-corrected chi connectivity index (χ4v) is 2.54. The first-order chi connectivity index (χ1) is 14.0. The van der Waals surface area contributed by atoms with E-state index >= 15 is 0 Å². The van der Waals surface area contributed by atoms with Crippen molar-refractivity contribution in [2.45, 2.75) is 19.4 Å². The molecule has 0 aliphatic rings. The number of nitrogens with zero attached hydrogens (tertiary/aromatic N) is 1. The Morgan fingerprint density at radius 3 is 2.31 bits per heavy atom. The first-order valence-corrected chi connectivity index (χ1v) is 9.66. The quantitative estimate of drug-likeness (QED) is 0.158. The SMILES string of the molecule is NC(N)=NCc1ccc(OCCCNCCCNC(=O)c2ccc(N)cc2)cc1. The lowest BCUT2D eigenvalue weighted by Crippen LogP contribution is -2.27. The topological polar surface area (TPSA) is 141 Å². The van der Waals surface area contributed by atoms with Crippen LogP contribution in [0.1, 0.15) is 28.8 Å². The van der Waals surface area contributed by atoms with Crippen LogP contribution in [-0.4, -0.2) is 38.1 Å². The number of nitrogens with two attached hydrogens (primary N) is 3. The number of hydrogen-bond acceptors (Lipinski definition) is 5. The molecule has 0 spiro atoms. The normalized spacial score (nSPS) is 10.3. The van der Waals surface area contributed by atoms with Crippen molar-refractivity contribution in [3.05, 3.63) is 59.7 Å². The van der Waals surface area contributed by atoms with Crippen LogP contribution in [0.3, 0.4) is 0 Å². The molecule has 0 atom stereocenters. The van der Waals surface area contributed by atoms with Gasteiger partial charge >= 0.3 is 0 Å². The van der Waals surface area contributed by atoms with Gasteiger partial charge in [-0.2, -0.15) is 0 Å². The number of aliphatic imine (C=N–C) groups is 1. The number of carbonyl (C=O) groups is 1. The van der Waals surface area contributed by atoms with Gasteiger partial charge in [0.1, 0.15) is 5.75 Å². The number of carbonyl (C=O) groups excluding carboxylic acids is 1. The minimum absolute atomic E-state index is 0.0808. The average Bonchev–Trinajstić information content (AvgIpc) is 2.72. The lowest BCUT2D eigenvalue weighted by Gasteiger charge is -2.08. The fourth-order valence-electron chi connectivity index (χ4n) is 2.54. The van der Waals surface area contributed by atoms with Gasteiger partial charge < -0.3 is 32.6 Å². The van der Waals surface area contributed by atoms with Crippen LogP contribution in [0.5, 0.6) is 5.75 Å². The van der Waals surface area contributed by atoms with E-state index < -0.39 is 0 Å². The van der Waals surface area contributed by atoms with Gasteiger partial charge in [0.25, 0.3) is 5.91 Å². The molecule has 0 unspecified atom stereocenters. The van der Waals surface area contributed by atoms with Gasteiger partial charge in [-0.1, -0.05) is 12.1 Å². The predicted octanol–water partition coefficient (Wildman–Crippen LogP) is 1.22. The molecule has 8 nitrogen and oxygen atoms in total. The molecule has 0 fully saturated rings. The van der Waals surface area contributed by atoms with E-state index in [-0.39, 0.29) is 11.9 Å². The number of benzene rings is 2. The monoisotopic (exact) mass is 398 g/mol. The van der Waals surface area contributed by atoms with Crippen LogP contribution in [0, 0.1) is 0 Å². The Kier molecular flexibility index (Phi) is 9.31. The maximum absolute atomic E-state index is 11.9. The predicted molar refractivity (Wildman–Crippen MR) is 117 cm³/mol. The van der Waals surface area contributed by atoms with Crippen LogP contribution in [0.15, 0.2) is 53.5 Å². The van der Waals surface area contributed by atoms with Crippen LogP contribution >= 0.6 is 0 Å². The van der Waals surface area contributed by atoms with E-state index in [0.29, 0.717) is 30.9 Å². The van der Waals surface area contributed by atoms with Crippen molar-refractivity contribution in [3.63, 3.8) is 0 Å². The third-order valence-corrected chi connectivity index (χ3v) is 4.12. The van der Waals surface area contributed by atoms with Crippen molar-refractivity contribution in [1.82, 2.24) is 10.6 Å². The number of hydrogen-bond donors (Lipinski definition) is 5. The number of guanidine groups is 1. The number of nitrogens with one attached hydrogen (secondary N) is 2. The van der Waals surface area contributed by atoms with Crippen molar-refractivity contribution in [3.8, 4) is 5.75 Å². The van der Waals surface area contributed by atoms with Crippen molar-refractivity contribution >= 4 is 17.6 Å². The van der Waals surface area contributed by atoms with Gasteiger partial charge in [-0.15, -0.1) is 0 Å². The van der Waals surface area contributed by atoms with Crippen LogP contribution < -0.4 is 32.6 Å². The summed E-state index contributed by atoms with van der Waals surface area (Å²) in [5.41, 5.74) is 18.5. The highest BCUT2D eigenvalue weighted by Crippen LogP contribution is 2.13. The smallest absolute Gasteiger partial charge is 0.251 e. The summed E-state index contributed by atoms with van der Waals surface area (Å²) in [6.07, 6.45) is 1.76. The summed E-state index contributed by atoms with van der Waals surface area (Å²) in [5, 5.41) is 6.24. The molecule has 2 aromatic carbocycles. The number of rotatable bonds is 12. The molecule has 0 aromatic heterocycles. The second kappa shape index (κ2) is 12.2. The molecule has 0 aliphatic heterocycles. The second-order valence-electron chi connectivity index (χ2n) is 6.57. The minimum atomic E-state index is -0.0808. The second-order valence-corrected chi connectivity index (χ2v) is 6.57. The first kappa shape index (κ1) is 22.0. The van der Waals surface area contributed by atoms with Crippen molar-refractivity contribution in [2.75, 3.05) is 32.0 Å². The molecule has 2 aromatic rings. The average molecular weight is 399 g/mol. The van der Waals surface area contributed by atoms with Crippen LogP contribution in [0.25, 0.3) is 0 Å². The Labute approximate surface area is 171 Å². The lowest BCUT2D eigenvalue weighted by atomic mass is 10.2. The molecule has 2 rings (SSSR count). The summed E-state index contributed by atoms with van der Waals surface area (Å²) in [5.74, 6) is 0.827. The highest BCUT2D eigenvalue weighted by molar-refractivity contribution is 5.94. The van der Waals surface area contributed by atoms with E-state index in [1.165, 1.54) is 0 Å². The zero-order valence-corrected chi connectivity index (χ0v) is 16.6. The largest absolute Gasteiger partial charge is 0.494 e. The summed E-state index contributed by atoms with van der Waals surface area (Å²) in [7, 11) is 0. The van der Waals surface area contributed by atoms with Gasteiger partial charge in [-0.25, -0.2) is 4.99 Å². The molecule has 8 N–H and O–H groups in total. The van der Waals surface area contributed by atoms with Gasteiger partial charge in [0.15, 0.2) is 5.96 Å². The minimum Gasteiger partial charge on any atom is -0.494 e. The van der Waals surface area contributed by atoms with Crippen molar-refractivity contribution in [1.29, 1.82) is 0 Å². The molecular weight excluding hydrogens is 368 g/mol. The van der Waals surface area contributed by atoms with E-state index in [1.54, 1.807) is 24.3 Å². The molecule has 29 heavy (non-hydrogen) atoms. The summed E-state index contributed by atoms with van der Waals surface area (Å²) < 4.78 is 5.71. The summed E-state index contributed by atoms with van der Waals surface area (Å²) in [6, 6.07) is 14.6. The number of amides is 1. The van der Waals surface area contributed by atoms with E-state index in [9.17, 15) is 4.79 Å². The van der Waals surface area contributed by atoms with E-state index in [1.807, 2.05) is 24.3 Å². The van der Waals surface area contributed by atoms with Crippen LogP contribution in [0.4, 0.5) is 5.69 Å². The van der Waals surface area contributed by atoms with E-state index in [2.05, 4.69) is 15.6 Å². The fraction of sp³-hybridized carbons (Fsp3) is 0.333. The molecule has 1 amide bonds. The Bertz CT molecular complexity index is 771. The molecule has 0 saturated heterocycles. The molecule has 0 radical (unpaired) electrons. The zero-order chi connectivity index (χ0) is 20.9. The van der Waals surface area contributed by atoms with Gasteiger partial charge in [0, 0.05) is 17.8 Å². The molecule has 8 heteroatoms. The van der Waals surface area contributed by atoms with Gasteiger partial charge in [0.05, 0.1) is 13.2 Å². The van der Waals surface area contributed by atoms with Gasteiger partial charge in [-0.05, 0) is 67.9 Å². The summed E-state index contributed by atoms with van der Waals surface area (Å²) >= 11 is 0. The Morgan fingerprint density at radius 2 is 1.62 bits per heavy atom. The Balaban J connectivity index is 1.48. The number of ether oxygens (including phenoxy) is 1. The molecule has 0 bridgehead atoms. The standard InChI is InChI=1S/C21H30N6O2/c22-18-7-5-17(6-8-18)20(28)26-13-1-11-25-12-2-14-29-19-9-3-16(4-10-19)15-27-21(23)24/h3-10,25H,1-2,11-15,22H2,(H,26,28)(H4,23,24,27). The van der Waals surface area contributed by atoms with Crippen LogP contribution in [-0.2, 0) is 6.54 Å². The highest BCUT2D eigenvalue weighted by Gasteiger charge is 2.03. The summed E-state index contributed by atoms with van der Waals surface area (Å²) in [6.45, 7) is 3.41.